The first-order valence-corrected chi connectivity index (χ1v) is 9.60. The number of thioether (sulfide) groups is 1. The summed E-state index contributed by atoms with van der Waals surface area (Å²) < 4.78 is 0. The first kappa shape index (κ1) is 16.6. The van der Waals surface area contributed by atoms with Crippen LogP contribution in [0.2, 0.25) is 0 Å². The van der Waals surface area contributed by atoms with Crippen molar-refractivity contribution in [3.63, 3.8) is 0 Å². The van der Waals surface area contributed by atoms with Gasteiger partial charge in [0.2, 0.25) is 5.91 Å². The van der Waals surface area contributed by atoms with Gasteiger partial charge in [-0.25, -0.2) is 4.79 Å². The largest absolute Gasteiger partial charge is 0.341 e. The SMILES string of the molecule is C[C@@H]1CN(C(=O)CCCN2C(=O)NC3(CCCC3)C2=O)CCS1. The number of carbonyl (C=O) groups is 3. The molecular weight excluding hydrogens is 314 g/mol. The van der Waals surface area contributed by atoms with E-state index in [0.29, 0.717) is 24.6 Å². The molecule has 6 nitrogen and oxygen atoms in total. The summed E-state index contributed by atoms with van der Waals surface area (Å²) in [5, 5.41) is 3.36. The number of imide groups is 1. The number of carbonyl (C=O) groups excluding carboxylic acids is 3. The quantitative estimate of drug-likeness (QED) is 0.790. The Kier molecular flexibility index (Phi) is 4.85. The van der Waals surface area contributed by atoms with Crippen LogP contribution in [0.3, 0.4) is 0 Å². The molecule has 1 N–H and O–H groups in total. The van der Waals surface area contributed by atoms with Gasteiger partial charge in [0.05, 0.1) is 0 Å². The number of nitrogens with one attached hydrogen (secondary N) is 1. The Bertz CT molecular complexity index is 505. The fraction of sp³-hybridized carbons (Fsp3) is 0.812. The smallest absolute Gasteiger partial charge is 0.325 e. The van der Waals surface area contributed by atoms with Crippen LogP contribution in [0.1, 0.15) is 45.4 Å². The molecule has 0 radical (unpaired) electrons. The van der Waals surface area contributed by atoms with Crippen molar-refractivity contribution >= 4 is 29.6 Å². The maximum atomic E-state index is 12.5. The van der Waals surface area contributed by atoms with Crippen LogP contribution in [-0.4, -0.2) is 63.8 Å². The molecule has 7 heteroatoms. The van der Waals surface area contributed by atoms with Gasteiger partial charge in [0.1, 0.15) is 5.54 Å². The lowest BCUT2D eigenvalue weighted by Crippen LogP contribution is -2.44. The summed E-state index contributed by atoms with van der Waals surface area (Å²) in [6.45, 7) is 4.09. The van der Waals surface area contributed by atoms with Crippen molar-refractivity contribution in [1.29, 1.82) is 0 Å². The molecule has 4 amide bonds. The standard InChI is InChI=1S/C16H25N3O3S/c1-12-11-18(9-10-23-12)13(20)5-4-8-19-14(21)16(17-15(19)22)6-2-3-7-16/h12H,2-11H2,1H3,(H,17,22)/t12-/m1/s1. The zero-order valence-electron chi connectivity index (χ0n) is 13.7. The van der Waals surface area contributed by atoms with Crippen molar-refractivity contribution < 1.29 is 14.4 Å². The molecule has 3 aliphatic rings. The number of urea groups is 1. The van der Waals surface area contributed by atoms with Gasteiger partial charge in [0, 0.05) is 37.1 Å². The predicted octanol–water partition coefficient (Wildman–Crippen LogP) is 1.60. The van der Waals surface area contributed by atoms with E-state index < -0.39 is 5.54 Å². The molecule has 1 saturated carbocycles. The Balaban J connectivity index is 1.48. The lowest BCUT2D eigenvalue weighted by molar-refractivity contribution is -0.133. The average Bonchev–Trinajstić information content (AvgIpc) is 3.08. The van der Waals surface area contributed by atoms with Crippen LogP contribution in [0.5, 0.6) is 0 Å². The van der Waals surface area contributed by atoms with Gasteiger partial charge in [-0.15, -0.1) is 0 Å². The molecule has 1 aliphatic carbocycles. The zero-order chi connectivity index (χ0) is 16.4. The van der Waals surface area contributed by atoms with E-state index in [0.717, 1.165) is 44.5 Å². The van der Waals surface area contributed by atoms with Crippen LogP contribution in [0.25, 0.3) is 0 Å². The van der Waals surface area contributed by atoms with E-state index in [2.05, 4.69) is 12.2 Å². The van der Waals surface area contributed by atoms with Crippen LogP contribution in [0, 0.1) is 0 Å². The molecule has 2 saturated heterocycles. The lowest BCUT2D eigenvalue weighted by atomic mass is 9.98. The molecular formula is C16H25N3O3S. The van der Waals surface area contributed by atoms with Gasteiger partial charge < -0.3 is 10.2 Å². The summed E-state index contributed by atoms with van der Waals surface area (Å²) in [5.41, 5.74) is -0.638. The summed E-state index contributed by atoms with van der Waals surface area (Å²) in [7, 11) is 0. The number of rotatable bonds is 4. The van der Waals surface area contributed by atoms with Gasteiger partial charge in [-0.1, -0.05) is 19.8 Å². The van der Waals surface area contributed by atoms with Crippen molar-refractivity contribution in [2.75, 3.05) is 25.4 Å². The third-order valence-corrected chi connectivity index (χ3v) is 6.21. The maximum Gasteiger partial charge on any atom is 0.325 e. The number of amides is 4. The summed E-state index contributed by atoms with van der Waals surface area (Å²) in [5.74, 6) is 1.04. The Hall–Kier alpha value is -1.24. The van der Waals surface area contributed by atoms with Crippen molar-refractivity contribution in [1.82, 2.24) is 15.1 Å². The zero-order valence-corrected chi connectivity index (χ0v) is 14.5. The monoisotopic (exact) mass is 339 g/mol. The van der Waals surface area contributed by atoms with E-state index in [1.54, 1.807) is 0 Å². The Morgan fingerprint density at radius 1 is 1.35 bits per heavy atom. The number of hydrogen-bond acceptors (Lipinski definition) is 4. The van der Waals surface area contributed by atoms with E-state index in [1.807, 2.05) is 16.7 Å². The summed E-state index contributed by atoms with van der Waals surface area (Å²) in [6, 6.07) is -0.285. The Morgan fingerprint density at radius 3 is 2.78 bits per heavy atom. The van der Waals surface area contributed by atoms with Crippen molar-refractivity contribution in [2.24, 2.45) is 0 Å². The van der Waals surface area contributed by atoms with Gasteiger partial charge in [0.25, 0.3) is 5.91 Å². The summed E-state index contributed by atoms with van der Waals surface area (Å²) >= 11 is 1.89. The molecule has 2 aliphatic heterocycles. The van der Waals surface area contributed by atoms with Crippen LogP contribution in [0.15, 0.2) is 0 Å². The van der Waals surface area contributed by atoms with Gasteiger partial charge in [-0.3, -0.25) is 14.5 Å². The number of nitrogens with zero attached hydrogens (tertiary/aromatic N) is 2. The fourth-order valence-corrected chi connectivity index (χ4v) is 4.80. The van der Waals surface area contributed by atoms with Crippen molar-refractivity contribution in [2.45, 2.75) is 56.2 Å². The van der Waals surface area contributed by atoms with E-state index in [9.17, 15) is 14.4 Å². The molecule has 3 rings (SSSR count). The molecule has 0 aromatic rings. The van der Waals surface area contributed by atoms with Crippen molar-refractivity contribution in [3.8, 4) is 0 Å². The maximum absolute atomic E-state index is 12.5. The molecule has 2 heterocycles. The van der Waals surface area contributed by atoms with Crippen LogP contribution in [0.4, 0.5) is 4.79 Å². The van der Waals surface area contributed by atoms with Crippen molar-refractivity contribution in [3.05, 3.63) is 0 Å². The first-order valence-electron chi connectivity index (χ1n) is 8.55. The molecule has 1 spiro atoms. The molecule has 0 bridgehead atoms. The first-order chi connectivity index (χ1) is 11.0. The highest BCUT2D eigenvalue weighted by molar-refractivity contribution is 7.99. The van der Waals surface area contributed by atoms with E-state index in [1.165, 1.54) is 4.90 Å². The van der Waals surface area contributed by atoms with E-state index in [4.69, 9.17) is 0 Å². The van der Waals surface area contributed by atoms with E-state index in [-0.39, 0.29) is 17.8 Å². The fourth-order valence-electron chi connectivity index (χ4n) is 3.79. The third kappa shape index (κ3) is 3.34. The third-order valence-electron chi connectivity index (χ3n) is 5.07. The highest BCUT2D eigenvalue weighted by atomic mass is 32.2. The second kappa shape index (κ2) is 6.71. The minimum atomic E-state index is -0.638. The predicted molar refractivity (Wildman–Crippen MR) is 89.2 cm³/mol. The Labute approximate surface area is 141 Å². The van der Waals surface area contributed by atoms with E-state index >= 15 is 0 Å². The topological polar surface area (TPSA) is 69.7 Å². The summed E-state index contributed by atoms with van der Waals surface area (Å²) in [4.78, 5) is 40.0. The lowest BCUT2D eigenvalue weighted by Gasteiger charge is -2.30. The van der Waals surface area contributed by atoms with Gasteiger partial charge in [-0.05, 0) is 19.3 Å². The van der Waals surface area contributed by atoms with Gasteiger partial charge in [0.15, 0.2) is 0 Å². The second-order valence-corrected chi connectivity index (χ2v) is 8.35. The van der Waals surface area contributed by atoms with Crippen LogP contribution >= 0.6 is 11.8 Å². The normalized spacial score (nSPS) is 26.9. The Morgan fingerprint density at radius 2 is 2.09 bits per heavy atom. The summed E-state index contributed by atoms with van der Waals surface area (Å²) in [6.07, 6.45) is 4.42. The molecule has 128 valence electrons. The van der Waals surface area contributed by atoms with Crippen LogP contribution < -0.4 is 5.32 Å². The average molecular weight is 339 g/mol. The highest BCUT2D eigenvalue weighted by Gasteiger charge is 2.52. The van der Waals surface area contributed by atoms with Gasteiger partial charge >= 0.3 is 6.03 Å². The van der Waals surface area contributed by atoms with Gasteiger partial charge in [-0.2, -0.15) is 11.8 Å². The second-order valence-electron chi connectivity index (χ2n) is 6.80. The highest BCUT2D eigenvalue weighted by Crippen LogP contribution is 2.35. The molecule has 0 unspecified atom stereocenters. The molecule has 23 heavy (non-hydrogen) atoms. The molecule has 0 aromatic carbocycles. The van der Waals surface area contributed by atoms with Crippen LogP contribution in [-0.2, 0) is 9.59 Å². The number of hydrogen-bond donors (Lipinski definition) is 1. The molecule has 0 aromatic heterocycles. The minimum absolute atomic E-state index is 0.0876. The minimum Gasteiger partial charge on any atom is -0.341 e. The molecule has 1 atom stereocenters. The molecule has 3 fully saturated rings.